The van der Waals surface area contributed by atoms with Crippen LogP contribution in [-0.4, -0.2) is 48.5 Å². The normalized spacial score (nSPS) is 11.4. The SMILES string of the molecule is CN(CCOc1ccc(C(F)(F)F)cc1C(=O)c1ccccc1)CC(=O)O. The molecule has 2 aromatic carbocycles. The Morgan fingerprint density at radius 2 is 1.78 bits per heavy atom. The molecule has 0 amide bonds. The highest BCUT2D eigenvalue weighted by molar-refractivity contribution is 6.10. The van der Waals surface area contributed by atoms with E-state index in [2.05, 4.69) is 0 Å². The summed E-state index contributed by atoms with van der Waals surface area (Å²) < 4.78 is 44.6. The number of hydrogen-bond acceptors (Lipinski definition) is 4. The van der Waals surface area contributed by atoms with Crippen LogP contribution in [0.2, 0.25) is 0 Å². The van der Waals surface area contributed by atoms with Crippen molar-refractivity contribution in [3.05, 3.63) is 65.2 Å². The molecule has 1 N–H and O–H groups in total. The summed E-state index contributed by atoms with van der Waals surface area (Å²) in [5.41, 5.74) is -0.904. The van der Waals surface area contributed by atoms with Crippen molar-refractivity contribution in [3.8, 4) is 5.75 Å². The Kier molecular flexibility index (Phi) is 6.57. The number of alkyl halides is 3. The van der Waals surface area contributed by atoms with Gasteiger partial charge in [0.25, 0.3) is 0 Å². The average Bonchev–Trinajstić information content (AvgIpc) is 2.60. The van der Waals surface area contributed by atoms with Gasteiger partial charge in [0.05, 0.1) is 17.7 Å². The minimum Gasteiger partial charge on any atom is -0.491 e. The van der Waals surface area contributed by atoms with Crippen molar-refractivity contribution in [1.29, 1.82) is 0 Å². The van der Waals surface area contributed by atoms with E-state index >= 15 is 0 Å². The highest BCUT2D eigenvalue weighted by Gasteiger charge is 2.32. The lowest BCUT2D eigenvalue weighted by Gasteiger charge is -2.17. The topological polar surface area (TPSA) is 66.8 Å². The van der Waals surface area contributed by atoms with Gasteiger partial charge in [-0.2, -0.15) is 13.2 Å². The first kappa shape index (κ1) is 20.4. The van der Waals surface area contributed by atoms with Crippen LogP contribution in [0.1, 0.15) is 21.5 Å². The summed E-state index contributed by atoms with van der Waals surface area (Å²) in [7, 11) is 1.57. The molecule has 0 aliphatic heterocycles. The van der Waals surface area contributed by atoms with Crippen LogP contribution in [0, 0.1) is 0 Å². The smallest absolute Gasteiger partial charge is 0.416 e. The fourth-order valence-electron chi connectivity index (χ4n) is 2.38. The van der Waals surface area contributed by atoms with Crippen LogP contribution in [0.4, 0.5) is 13.2 Å². The van der Waals surface area contributed by atoms with E-state index in [0.29, 0.717) is 0 Å². The van der Waals surface area contributed by atoms with Crippen molar-refractivity contribution in [1.82, 2.24) is 4.90 Å². The van der Waals surface area contributed by atoms with Crippen LogP contribution in [0.3, 0.4) is 0 Å². The maximum Gasteiger partial charge on any atom is 0.416 e. The highest BCUT2D eigenvalue weighted by atomic mass is 19.4. The van der Waals surface area contributed by atoms with E-state index in [1.807, 2.05) is 0 Å². The monoisotopic (exact) mass is 381 g/mol. The summed E-state index contributed by atoms with van der Waals surface area (Å²) in [6.45, 7) is 0.0443. The van der Waals surface area contributed by atoms with Gasteiger partial charge in [-0.05, 0) is 25.2 Å². The summed E-state index contributed by atoms with van der Waals surface area (Å²) in [4.78, 5) is 24.8. The van der Waals surface area contributed by atoms with Crippen LogP contribution < -0.4 is 4.74 Å². The molecule has 0 saturated carbocycles. The third-order valence-electron chi connectivity index (χ3n) is 3.72. The number of nitrogens with zero attached hydrogens (tertiary/aromatic N) is 1. The van der Waals surface area contributed by atoms with Gasteiger partial charge >= 0.3 is 12.1 Å². The van der Waals surface area contributed by atoms with Gasteiger partial charge in [-0.1, -0.05) is 30.3 Å². The van der Waals surface area contributed by atoms with Crippen LogP contribution in [0.25, 0.3) is 0 Å². The van der Waals surface area contributed by atoms with E-state index in [0.717, 1.165) is 18.2 Å². The number of ether oxygens (including phenoxy) is 1. The van der Waals surface area contributed by atoms with Crippen molar-refractivity contribution in [2.75, 3.05) is 26.7 Å². The Morgan fingerprint density at radius 3 is 2.37 bits per heavy atom. The largest absolute Gasteiger partial charge is 0.491 e. The number of carbonyl (C=O) groups excluding carboxylic acids is 1. The number of carboxylic acids is 1. The molecule has 0 aromatic heterocycles. The molecular weight excluding hydrogens is 363 g/mol. The predicted octanol–water partition coefficient (Wildman–Crippen LogP) is 3.33. The van der Waals surface area contributed by atoms with Crippen LogP contribution >= 0.6 is 0 Å². The van der Waals surface area contributed by atoms with Crippen molar-refractivity contribution in [2.24, 2.45) is 0 Å². The predicted molar refractivity (Wildman–Crippen MR) is 91.9 cm³/mol. The molecule has 27 heavy (non-hydrogen) atoms. The van der Waals surface area contributed by atoms with Gasteiger partial charge in [0.1, 0.15) is 12.4 Å². The van der Waals surface area contributed by atoms with Gasteiger partial charge in [-0.25, -0.2) is 0 Å². The van der Waals surface area contributed by atoms with E-state index in [-0.39, 0.29) is 36.6 Å². The van der Waals surface area contributed by atoms with Crippen molar-refractivity contribution < 1.29 is 32.6 Å². The Hall–Kier alpha value is -2.87. The highest BCUT2D eigenvalue weighted by Crippen LogP contribution is 2.33. The fraction of sp³-hybridized carbons (Fsp3) is 0.263. The number of ketones is 1. The zero-order valence-electron chi connectivity index (χ0n) is 14.5. The quantitative estimate of drug-likeness (QED) is 0.711. The zero-order chi connectivity index (χ0) is 20.0. The summed E-state index contributed by atoms with van der Waals surface area (Å²) in [6.07, 6.45) is -4.59. The van der Waals surface area contributed by atoms with Gasteiger partial charge in [0.2, 0.25) is 0 Å². The Balaban J connectivity index is 2.25. The maximum absolute atomic E-state index is 13.0. The van der Waals surface area contributed by atoms with Crippen molar-refractivity contribution in [3.63, 3.8) is 0 Å². The van der Waals surface area contributed by atoms with Gasteiger partial charge in [0.15, 0.2) is 5.78 Å². The lowest BCUT2D eigenvalue weighted by molar-refractivity contribution is -0.138. The molecule has 0 bridgehead atoms. The number of hydrogen-bond donors (Lipinski definition) is 1. The maximum atomic E-state index is 13.0. The molecule has 0 spiro atoms. The van der Waals surface area contributed by atoms with Gasteiger partial charge in [-0.3, -0.25) is 14.5 Å². The molecular formula is C19H18F3NO4. The molecule has 2 rings (SSSR count). The second-order valence-electron chi connectivity index (χ2n) is 5.88. The molecule has 0 atom stereocenters. The number of carboxylic acid groups (broad SMARTS) is 1. The van der Waals surface area contributed by atoms with E-state index in [1.54, 1.807) is 25.2 Å². The summed E-state index contributed by atoms with van der Waals surface area (Å²) in [5.74, 6) is -1.58. The molecule has 0 aliphatic carbocycles. The summed E-state index contributed by atoms with van der Waals surface area (Å²) in [6, 6.07) is 10.7. The number of halogens is 3. The minimum atomic E-state index is -4.59. The molecule has 0 radical (unpaired) electrons. The first-order chi connectivity index (χ1) is 12.7. The van der Waals surface area contributed by atoms with E-state index in [4.69, 9.17) is 9.84 Å². The van der Waals surface area contributed by atoms with Gasteiger partial charge in [-0.15, -0.1) is 0 Å². The molecule has 0 fully saturated rings. The molecule has 2 aromatic rings. The van der Waals surface area contributed by atoms with Crippen LogP contribution in [0.5, 0.6) is 5.75 Å². The third-order valence-corrected chi connectivity index (χ3v) is 3.72. The molecule has 0 heterocycles. The average molecular weight is 381 g/mol. The van der Waals surface area contributed by atoms with E-state index in [9.17, 15) is 22.8 Å². The number of benzene rings is 2. The number of likely N-dealkylation sites (N-methyl/N-ethyl adjacent to an activating group) is 1. The first-order valence-electron chi connectivity index (χ1n) is 8.02. The molecule has 8 heteroatoms. The van der Waals surface area contributed by atoms with Crippen LogP contribution in [-0.2, 0) is 11.0 Å². The second kappa shape index (κ2) is 8.68. The number of aliphatic carboxylic acids is 1. The first-order valence-corrected chi connectivity index (χ1v) is 8.02. The molecule has 0 saturated heterocycles. The second-order valence-corrected chi connectivity index (χ2v) is 5.88. The Bertz CT molecular complexity index is 806. The lowest BCUT2D eigenvalue weighted by Crippen LogP contribution is -2.29. The van der Waals surface area contributed by atoms with Crippen molar-refractivity contribution in [2.45, 2.75) is 6.18 Å². The lowest BCUT2D eigenvalue weighted by atomic mass is 10.00. The Labute approximate surface area is 154 Å². The fourth-order valence-corrected chi connectivity index (χ4v) is 2.38. The van der Waals surface area contributed by atoms with E-state index in [1.165, 1.54) is 17.0 Å². The van der Waals surface area contributed by atoms with Gasteiger partial charge < -0.3 is 9.84 Å². The van der Waals surface area contributed by atoms with Crippen molar-refractivity contribution >= 4 is 11.8 Å². The van der Waals surface area contributed by atoms with E-state index < -0.39 is 23.5 Å². The minimum absolute atomic E-state index is 0.0144. The number of carbonyl (C=O) groups is 2. The molecule has 0 unspecified atom stereocenters. The molecule has 0 aliphatic rings. The Morgan fingerprint density at radius 1 is 1.11 bits per heavy atom. The summed E-state index contributed by atoms with van der Waals surface area (Å²) >= 11 is 0. The zero-order valence-corrected chi connectivity index (χ0v) is 14.5. The van der Waals surface area contributed by atoms with Gasteiger partial charge in [0, 0.05) is 12.1 Å². The molecule has 144 valence electrons. The molecule has 5 nitrogen and oxygen atoms in total. The number of rotatable bonds is 8. The standard InChI is InChI=1S/C19H18F3NO4/c1-23(12-17(24)25)9-10-27-16-8-7-14(19(20,21)22)11-15(16)18(26)13-5-3-2-4-6-13/h2-8,11H,9-10,12H2,1H3,(H,24,25). The van der Waals surface area contributed by atoms with Crippen LogP contribution in [0.15, 0.2) is 48.5 Å². The summed E-state index contributed by atoms with van der Waals surface area (Å²) in [5, 5.41) is 8.72. The third kappa shape index (κ3) is 5.82.